The van der Waals surface area contributed by atoms with Crippen molar-refractivity contribution in [2.75, 3.05) is 13.7 Å². The maximum Gasteiger partial charge on any atom is 0.295 e. The number of fused-ring (bicyclic) bond motifs is 1. The van der Waals surface area contributed by atoms with Gasteiger partial charge in [-0.15, -0.1) is 0 Å². The quantitative estimate of drug-likeness (QED) is 0.297. The van der Waals surface area contributed by atoms with Gasteiger partial charge >= 0.3 is 0 Å². The van der Waals surface area contributed by atoms with Gasteiger partial charge in [0, 0.05) is 37.5 Å². The van der Waals surface area contributed by atoms with E-state index in [2.05, 4.69) is 4.98 Å². The summed E-state index contributed by atoms with van der Waals surface area (Å²) in [6.07, 6.45) is 6.49. The Morgan fingerprint density at radius 3 is 2.78 bits per heavy atom. The van der Waals surface area contributed by atoms with Crippen molar-refractivity contribution in [3.05, 3.63) is 77.4 Å². The zero-order valence-electron chi connectivity index (χ0n) is 20.0. The lowest BCUT2D eigenvalue weighted by Gasteiger charge is -2.26. The van der Waals surface area contributed by atoms with Crippen LogP contribution in [0.1, 0.15) is 36.1 Å². The van der Waals surface area contributed by atoms with Crippen LogP contribution in [0.25, 0.3) is 5.76 Å². The van der Waals surface area contributed by atoms with Crippen molar-refractivity contribution in [2.45, 2.75) is 38.5 Å². The molecule has 3 aromatic rings. The number of likely N-dealkylation sites (tertiary alicyclic amines) is 1. The second kappa shape index (κ2) is 9.41. The first-order valence-electron chi connectivity index (χ1n) is 11.8. The third kappa shape index (κ3) is 4.17. The number of ether oxygens (including phenoxy) is 2. The molecule has 186 valence electrons. The molecule has 0 unspecified atom stereocenters. The van der Waals surface area contributed by atoms with Crippen molar-refractivity contribution in [3.63, 3.8) is 0 Å². The van der Waals surface area contributed by atoms with E-state index < -0.39 is 17.7 Å². The molecule has 0 bridgehead atoms. The van der Waals surface area contributed by atoms with E-state index in [1.165, 1.54) is 18.1 Å². The number of carbonyl (C=O) groups is 2. The van der Waals surface area contributed by atoms with Crippen LogP contribution < -0.4 is 9.47 Å². The number of rotatable bonds is 7. The first-order chi connectivity index (χ1) is 17.4. The lowest BCUT2D eigenvalue weighted by molar-refractivity contribution is -0.139. The number of nitrogens with zero attached hydrogens (tertiary/aromatic N) is 3. The van der Waals surface area contributed by atoms with E-state index in [-0.39, 0.29) is 35.5 Å². The fourth-order valence-electron chi connectivity index (χ4n) is 4.89. The Hall–Kier alpha value is -4.27. The minimum atomic E-state index is -0.842. The number of aromatic hydroxyl groups is 1. The number of Topliss-reactive ketones (excluding diaryl/α,β-unsaturated/α-hetero) is 1. The minimum absolute atomic E-state index is 0.00212. The van der Waals surface area contributed by atoms with E-state index in [4.69, 9.17) is 9.47 Å². The first-order valence-corrected chi connectivity index (χ1v) is 11.8. The van der Waals surface area contributed by atoms with E-state index in [9.17, 15) is 19.8 Å². The van der Waals surface area contributed by atoms with Crippen molar-refractivity contribution < 1.29 is 29.3 Å². The van der Waals surface area contributed by atoms with Crippen molar-refractivity contribution in [1.82, 2.24) is 14.5 Å². The number of phenolic OH excluding ortho intramolecular Hbond substituents is 1. The van der Waals surface area contributed by atoms with Gasteiger partial charge < -0.3 is 29.2 Å². The molecule has 36 heavy (non-hydrogen) atoms. The Morgan fingerprint density at radius 1 is 1.19 bits per heavy atom. The molecule has 3 heterocycles. The number of aryl methyl sites for hydroxylation is 1. The Balaban J connectivity index is 1.56. The molecule has 2 aliphatic rings. The van der Waals surface area contributed by atoms with Crippen LogP contribution in [0, 0.1) is 0 Å². The van der Waals surface area contributed by atoms with E-state index in [0.29, 0.717) is 30.5 Å². The number of ketones is 1. The number of carbonyl (C=O) groups excluding carboxylic acids is 2. The third-order valence-corrected chi connectivity index (χ3v) is 6.60. The maximum atomic E-state index is 13.3. The fraction of sp³-hybridized carbons (Fsp3) is 0.296. The van der Waals surface area contributed by atoms with Gasteiger partial charge in [-0.05, 0) is 54.8 Å². The van der Waals surface area contributed by atoms with Gasteiger partial charge in [0.2, 0.25) is 0 Å². The van der Waals surface area contributed by atoms with Gasteiger partial charge in [0.25, 0.3) is 11.7 Å². The summed E-state index contributed by atoms with van der Waals surface area (Å²) in [6, 6.07) is 9.08. The van der Waals surface area contributed by atoms with Crippen molar-refractivity contribution in [3.8, 4) is 17.2 Å². The molecule has 0 radical (unpaired) electrons. The summed E-state index contributed by atoms with van der Waals surface area (Å²) in [6.45, 7) is 2.85. The summed E-state index contributed by atoms with van der Waals surface area (Å²) in [5, 5.41) is 21.5. The monoisotopic (exact) mass is 489 g/mol. The van der Waals surface area contributed by atoms with E-state index in [1.807, 2.05) is 17.7 Å². The van der Waals surface area contributed by atoms with Crippen molar-refractivity contribution in [2.24, 2.45) is 0 Å². The second-order valence-electron chi connectivity index (χ2n) is 9.03. The summed E-state index contributed by atoms with van der Waals surface area (Å²) in [4.78, 5) is 32.0. The average molecular weight is 490 g/mol. The molecule has 5 rings (SSSR count). The average Bonchev–Trinajstić information content (AvgIpc) is 3.58. The molecular weight excluding hydrogens is 462 g/mol. The highest BCUT2D eigenvalue weighted by Crippen LogP contribution is 2.42. The van der Waals surface area contributed by atoms with Gasteiger partial charge in [0.05, 0.1) is 25.1 Å². The topological polar surface area (TPSA) is 114 Å². The molecule has 2 atom stereocenters. The number of benzene rings is 2. The van der Waals surface area contributed by atoms with E-state index in [0.717, 1.165) is 11.3 Å². The number of aliphatic hydroxyl groups is 1. The van der Waals surface area contributed by atoms with Crippen LogP contribution in [-0.2, 0) is 22.6 Å². The van der Waals surface area contributed by atoms with Crippen LogP contribution in [0.2, 0.25) is 0 Å². The van der Waals surface area contributed by atoms with E-state index >= 15 is 0 Å². The van der Waals surface area contributed by atoms with Gasteiger partial charge in [-0.25, -0.2) is 4.98 Å². The number of aromatic nitrogens is 2. The maximum absolute atomic E-state index is 13.3. The SMILES string of the molecule is COc1cc([C@H]2/C(=C(\O)c3ccc4c(c3)C[C@@H](C)O4)C(=O)C(=O)N2CCCn2ccnc2)ccc1O. The molecule has 0 spiro atoms. The molecule has 1 fully saturated rings. The summed E-state index contributed by atoms with van der Waals surface area (Å²) < 4.78 is 12.9. The molecule has 0 aliphatic carbocycles. The van der Waals surface area contributed by atoms with E-state index in [1.54, 1.807) is 42.9 Å². The lowest BCUT2D eigenvalue weighted by Crippen LogP contribution is -2.31. The van der Waals surface area contributed by atoms with Crippen LogP contribution >= 0.6 is 0 Å². The zero-order valence-corrected chi connectivity index (χ0v) is 20.0. The van der Waals surface area contributed by atoms with Crippen LogP contribution in [-0.4, -0.2) is 56.1 Å². The normalized spacial score (nSPS) is 20.4. The number of amides is 1. The van der Waals surface area contributed by atoms with Gasteiger partial charge in [-0.1, -0.05) is 6.07 Å². The summed E-state index contributed by atoms with van der Waals surface area (Å²) in [7, 11) is 1.43. The summed E-state index contributed by atoms with van der Waals surface area (Å²) in [5.41, 5.74) is 1.93. The lowest BCUT2D eigenvalue weighted by atomic mass is 9.94. The molecule has 9 nitrogen and oxygen atoms in total. The molecule has 2 N–H and O–H groups in total. The highest BCUT2D eigenvalue weighted by Gasteiger charge is 2.46. The number of hydrogen-bond acceptors (Lipinski definition) is 7. The summed E-state index contributed by atoms with van der Waals surface area (Å²) in [5.74, 6) is -0.787. The van der Waals surface area contributed by atoms with Gasteiger partial charge in [-0.3, -0.25) is 9.59 Å². The smallest absolute Gasteiger partial charge is 0.295 e. The van der Waals surface area contributed by atoms with Gasteiger partial charge in [-0.2, -0.15) is 0 Å². The molecule has 0 saturated carbocycles. The highest BCUT2D eigenvalue weighted by molar-refractivity contribution is 6.46. The molecule has 9 heteroatoms. The van der Waals surface area contributed by atoms with Gasteiger partial charge in [0.15, 0.2) is 11.5 Å². The number of methoxy groups -OCH3 is 1. The molecule has 1 aromatic heterocycles. The largest absolute Gasteiger partial charge is 0.507 e. The predicted molar refractivity (Wildman–Crippen MR) is 131 cm³/mol. The zero-order chi connectivity index (χ0) is 25.4. The molecule has 1 saturated heterocycles. The fourth-order valence-corrected chi connectivity index (χ4v) is 4.89. The predicted octanol–water partition coefficient (Wildman–Crippen LogP) is 3.43. The highest BCUT2D eigenvalue weighted by atomic mass is 16.5. The number of hydrogen-bond donors (Lipinski definition) is 2. The summed E-state index contributed by atoms with van der Waals surface area (Å²) >= 11 is 0. The second-order valence-corrected chi connectivity index (χ2v) is 9.03. The molecule has 1 amide bonds. The Kier molecular flexibility index (Phi) is 6.13. The third-order valence-electron chi connectivity index (χ3n) is 6.60. The van der Waals surface area contributed by atoms with Crippen molar-refractivity contribution >= 4 is 17.4 Å². The minimum Gasteiger partial charge on any atom is -0.507 e. The van der Waals surface area contributed by atoms with Gasteiger partial charge in [0.1, 0.15) is 17.6 Å². The molecule has 2 aromatic carbocycles. The Bertz CT molecular complexity index is 1350. The number of phenols is 1. The Morgan fingerprint density at radius 2 is 2.03 bits per heavy atom. The van der Waals surface area contributed by atoms with Crippen LogP contribution in [0.3, 0.4) is 0 Å². The number of aliphatic hydroxyl groups excluding tert-OH is 1. The standard InChI is InChI=1S/C27H27N3O6/c1-16-12-19-13-18(5-7-21(19)36-16)25(32)23-24(17-4-6-20(31)22(14-17)35-2)30(27(34)26(23)33)10-3-9-29-11-8-28-15-29/h4-8,11,13-16,24,31-32H,3,9-10,12H2,1-2H3/b25-23+/t16-,24+/m1/s1. The van der Waals surface area contributed by atoms with Crippen LogP contribution in [0.4, 0.5) is 0 Å². The Labute approximate surface area is 208 Å². The van der Waals surface area contributed by atoms with Crippen molar-refractivity contribution in [1.29, 1.82) is 0 Å². The number of imidazole rings is 1. The molecular formula is C27H27N3O6. The molecule has 2 aliphatic heterocycles. The van der Waals surface area contributed by atoms with Crippen LogP contribution in [0.15, 0.2) is 60.7 Å². The van der Waals surface area contributed by atoms with Crippen LogP contribution in [0.5, 0.6) is 17.2 Å². The first kappa shape index (κ1) is 23.5.